The van der Waals surface area contributed by atoms with E-state index in [1.54, 1.807) is 12.1 Å². The van der Waals surface area contributed by atoms with Crippen LogP contribution in [0.5, 0.6) is 0 Å². The van der Waals surface area contributed by atoms with Gasteiger partial charge in [0.25, 0.3) is 5.91 Å². The monoisotopic (exact) mass is 263 g/mol. The van der Waals surface area contributed by atoms with Crippen molar-refractivity contribution in [2.24, 2.45) is 5.92 Å². The minimum absolute atomic E-state index is 0.0805. The number of hydrogen-bond acceptors (Lipinski definition) is 4. The van der Waals surface area contributed by atoms with E-state index >= 15 is 0 Å². The van der Waals surface area contributed by atoms with Crippen LogP contribution in [0.2, 0.25) is 0 Å². The second-order valence-electron chi connectivity index (χ2n) is 4.57. The lowest BCUT2D eigenvalue weighted by molar-refractivity contribution is -0.161. The molecule has 1 aliphatic rings. The summed E-state index contributed by atoms with van der Waals surface area (Å²) in [6.45, 7) is 0. The van der Waals surface area contributed by atoms with E-state index in [1.807, 2.05) is 0 Å². The molecule has 0 aromatic carbocycles. The zero-order valence-corrected chi connectivity index (χ0v) is 10.6. The first-order valence-electron chi connectivity index (χ1n) is 6.48. The van der Waals surface area contributed by atoms with Crippen LogP contribution < -0.4 is 5.48 Å². The molecule has 5 heteroatoms. The minimum Gasteiger partial charge on any atom is -0.465 e. The number of hydrogen-bond donors (Lipinski definition) is 1. The van der Waals surface area contributed by atoms with Gasteiger partial charge in [0, 0.05) is 6.08 Å². The normalized spacial score (nSPS) is 16.4. The molecule has 102 valence electrons. The molecule has 1 aromatic heterocycles. The molecule has 1 amide bonds. The Morgan fingerprint density at radius 2 is 2.11 bits per heavy atom. The maximum Gasteiger partial charge on any atom is 0.335 e. The Bertz CT molecular complexity index is 444. The standard InChI is InChI=1S/C14H17NO4/c16-13(9-8-12-7-4-10-18-12)15-19-14(17)11-5-2-1-3-6-11/h4,7-11H,1-3,5-6H2,(H,15,16)/b9-8+. The molecule has 0 radical (unpaired) electrons. The number of carbonyl (C=O) groups excluding carboxylic acids is 2. The predicted octanol–water partition coefficient (Wildman–Crippen LogP) is 2.45. The number of carbonyl (C=O) groups is 2. The molecule has 0 saturated heterocycles. The smallest absolute Gasteiger partial charge is 0.335 e. The molecule has 0 atom stereocenters. The lowest BCUT2D eigenvalue weighted by Crippen LogP contribution is -2.30. The van der Waals surface area contributed by atoms with E-state index in [4.69, 9.17) is 9.25 Å². The Morgan fingerprint density at radius 1 is 1.32 bits per heavy atom. The van der Waals surface area contributed by atoms with E-state index in [9.17, 15) is 9.59 Å². The van der Waals surface area contributed by atoms with Crippen LogP contribution in [0.25, 0.3) is 6.08 Å². The van der Waals surface area contributed by atoms with Crippen LogP contribution in [0.3, 0.4) is 0 Å². The zero-order valence-electron chi connectivity index (χ0n) is 10.6. The van der Waals surface area contributed by atoms with Gasteiger partial charge in [-0.2, -0.15) is 5.48 Å². The first-order valence-corrected chi connectivity index (χ1v) is 6.48. The van der Waals surface area contributed by atoms with Gasteiger partial charge in [-0.05, 0) is 31.1 Å². The molecule has 1 heterocycles. The third-order valence-corrected chi connectivity index (χ3v) is 3.13. The Morgan fingerprint density at radius 3 is 2.79 bits per heavy atom. The summed E-state index contributed by atoms with van der Waals surface area (Å²) in [5, 5.41) is 0. The second-order valence-corrected chi connectivity index (χ2v) is 4.57. The lowest BCUT2D eigenvalue weighted by Gasteiger charge is -2.19. The van der Waals surface area contributed by atoms with Gasteiger partial charge in [-0.15, -0.1) is 0 Å². The van der Waals surface area contributed by atoms with Crippen LogP contribution in [0, 0.1) is 5.92 Å². The van der Waals surface area contributed by atoms with Crippen molar-refractivity contribution in [3.63, 3.8) is 0 Å². The summed E-state index contributed by atoms with van der Waals surface area (Å²) in [5.74, 6) is -0.350. The average molecular weight is 263 g/mol. The first-order chi connectivity index (χ1) is 9.25. The molecule has 19 heavy (non-hydrogen) atoms. The van der Waals surface area contributed by atoms with Gasteiger partial charge in [0.15, 0.2) is 0 Å². The van der Waals surface area contributed by atoms with Gasteiger partial charge in [-0.3, -0.25) is 4.79 Å². The van der Waals surface area contributed by atoms with Crippen LogP contribution in [0.4, 0.5) is 0 Å². The number of rotatable bonds is 3. The highest BCUT2D eigenvalue weighted by Crippen LogP contribution is 2.24. The first kappa shape index (κ1) is 13.4. The van der Waals surface area contributed by atoms with Crippen molar-refractivity contribution >= 4 is 18.0 Å². The largest absolute Gasteiger partial charge is 0.465 e. The highest BCUT2D eigenvalue weighted by Gasteiger charge is 2.23. The quantitative estimate of drug-likeness (QED) is 0.671. The maximum absolute atomic E-state index is 11.7. The summed E-state index contributed by atoms with van der Waals surface area (Å²) in [4.78, 5) is 27.9. The van der Waals surface area contributed by atoms with Crippen molar-refractivity contribution in [1.29, 1.82) is 0 Å². The number of hydroxylamine groups is 1. The van der Waals surface area contributed by atoms with E-state index in [0.29, 0.717) is 5.76 Å². The van der Waals surface area contributed by atoms with Gasteiger partial charge < -0.3 is 9.25 Å². The fraction of sp³-hybridized carbons (Fsp3) is 0.429. The highest BCUT2D eigenvalue weighted by molar-refractivity contribution is 5.91. The van der Waals surface area contributed by atoms with Crippen molar-refractivity contribution in [2.75, 3.05) is 0 Å². The van der Waals surface area contributed by atoms with Crippen LogP contribution in [0.1, 0.15) is 37.9 Å². The molecule has 5 nitrogen and oxygen atoms in total. The number of nitrogens with one attached hydrogen (secondary N) is 1. The number of furan rings is 1. The summed E-state index contributed by atoms with van der Waals surface area (Å²) >= 11 is 0. The fourth-order valence-corrected chi connectivity index (χ4v) is 2.10. The van der Waals surface area contributed by atoms with Crippen molar-refractivity contribution in [1.82, 2.24) is 5.48 Å². The van der Waals surface area contributed by atoms with E-state index in [1.165, 1.54) is 24.8 Å². The Labute approximate surface area is 111 Å². The van der Waals surface area contributed by atoms with Crippen LogP contribution >= 0.6 is 0 Å². The van der Waals surface area contributed by atoms with Crippen molar-refractivity contribution in [3.8, 4) is 0 Å². The molecule has 1 aromatic rings. The molecule has 1 aliphatic carbocycles. The average Bonchev–Trinajstić information content (AvgIpc) is 2.96. The van der Waals surface area contributed by atoms with Crippen LogP contribution in [-0.2, 0) is 14.4 Å². The summed E-state index contributed by atoms with van der Waals surface area (Å²) in [6.07, 6.45) is 9.23. The van der Waals surface area contributed by atoms with E-state index < -0.39 is 5.91 Å². The second kappa shape index (κ2) is 6.78. The van der Waals surface area contributed by atoms with Gasteiger partial charge in [-0.25, -0.2) is 4.79 Å². The molecule has 0 unspecified atom stereocenters. The Kier molecular flexibility index (Phi) is 4.78. The molecule has 1 fully saturated rings. The van der Waals surface area contributed by atoms with Gasteiger partial charge >= 0.3 is 5.97 Å². The van der Waals surface area contributed by atoms with Crippen LogP contribution in [0.15, 0.2) is 28.9 Å². The SMILES string of the molecule is O=C(/C=C/c1ccco1)NOC(=O)C1CCCCC1. The fourth-order valence-electron chi connectivity index (χ4n) is 2.10. The molecule has 0 aliphatic heterocycles. The van der Waals surface area contributed by atoms with E-state index in [-0.39, 0.29) is 11.9 Å². The van der Waals surface area contributed by atoms with Crippen molar-refractivity contribution < 1.29 is 18.8 Å². The number of amides is 1. The molecule has 2 rings (SSSR count). The molecule has 1 saturated carbocycles. The molecule has 1 N–H and O–H groups in total. The predicted molar refractivity (Wildman–Crippen MR) is 68.6 cm³/mol. The Hall–Kier alpha value is -2.04. The Balaban J connectivity index is 1.72. The summed E-state index contributed by atoms with van der Waals surface area (Å²) in [7, 11) is 0. The van der Waals surface area contributed by atoms with Crippen molar-refractivity contribution in [3.05, 3.63) is 30.2 Å². The van der Waals surface area contributed by atoms with Crippen LogP contribution in [-0.4, -0.2) is 11.9 Å². The molecule has 0 bridgehead atoms. The highest BCUT2D eigenvalue weighted by atomic mass is 16.7. The zero-order chi connectivity index (χ0) is 13.5. The van der Waals surface area contributed by atoms with E-state index in [2.05, 4.69) is 5.48 Å². The van der Waals surface area contributed by atoms with Crippen molar-refractivity contribution in [2.45, 2.75) is 32.1 Å². The van der Waals surface area contributed by atoms with Gasteiger partial charge in [-0.1, -0.05) is 19.3 Å². The van der Waals surface area contributed by atoms with Gasteiger partial charge in [0.2, 0.25) is 0 Å². The molecule has 0 spiro atoms. The molecular weight excluding hydrogens is 246 g/mol. The molecular formula is C14H17NO4. The summed E-state index contributed by atoms with van der Waals surface area (Å²) in [6, 6.07) is 3.44. The third kappa shape index (κ3) is 4.28. The maximum atomic E-state index is 11.7. The summed E-state index contributed by atoms with van der Waals surface area (Å²) in [5.41, 5.74) is 2.13. The summed E-state index contributed by atoms with van der Waals surface area (Å²) < 4.78 is 5.03. The third-order valence-electron chi connectivity index (χ3n) is 3.13. The van der Waals surface area contributed by atoms with E-state index in [0.717, 1.165) is 25.7 Å². The van der Waals surface area contributed by atoms with Gasteiger partial charge in [0.1, 0.15) is 5.76 Å². The van der Waals surface area contributed by atoms with Gasteiger partial charge in [0.05, 0.1) is 12.2 Å². The topological polar surface area (TPSA) is 68.5 Å². The minimum atomic E-state index is -0.486. The lowest BCUT2D eigenvalue weighted by atomic mass is 9.89.